The largest absolute Gasteiger partial charge is 0.507 e. The summed E-state index contributed by atoms with van der Waals surface area (Å²) in [6, 6.07) is 10.3. The number of rotatable bonds is 7. The minimum Gasteiger partial charge on any atom is -0.507 e. The Labute approximate surface area is 202 Å². The number of ether oxygens (including phenoxy) is 2. The van der Waals surface area contributed by atoms with Crippen LogP contribution in [-0.2, 0) is 14.3 Å². The van der Waals surface area contributed by atoms with Crippen molar-refractivity contribution in [3.8, 4) is 11.5 Å². The molecule has 4 rings (SSSR count). The van der Waals surface area contributed by atoms with Gasteiger partial charge < -0.3 is 24.6 Å². The number of halogens is 1. The lowest BCUT2D eigenvalue weighted by molar-refractivity contribution is -0.140. The first-order chi connectivity index (χ1) is 16.4. The van der Waals surface area contributed by atoms with E-state index in [2.05, 4.69) is 4.90 Å². The number of methoxy groups -OCH3 is 1. The van der Waals surface area contributed by atoms with E-state index in [1.165, 1.54) is 30.2 Å². The molecule has 2 N–H and O–H groups in total. The number of nitrogens with zero attached hydrogens (tertiary/aromatic N) is 2. The number of phenolic OH excluding ortho intramolecular Hbond substituents is 1. The van der Waals surface area contributed by atoms with Gasteiger partial charge in [0.25, 0.3) is 11.7 Å². The van der Waals surface area contributed by atoms with E-state index in [4.69, 9.17) is 21.1 Å². The number of hydrogen-bond acceptors (Lipinski definition) is 7. The van der Waals surface area contributed by atoms with Crippen LogP contribution in [0.25, 0.3) is 5.76 Å². The molecule has 2 heterocycles. The van der Waals surface area contributed by atoms with Crippen LogP contribution < -0.4 is 4.74 Å². The quantitative estimate of drug-likeness (QED) is 0.352. The maximum Gasteiger partial charge on any atom is 0.295 e. The van der Waals surface area contributed by atoms with Crippen LogP contribution in [0, 0.1) is 0 Å². The number of phenols is 1. The summed E-state index contributed by atoms with van der Waals surface area (Å²) >= 11 is 6.06. The minimum atomic E-state index is -0.876. The molecule has 0 radical (unpaired) electrons. The molecule has 0 bridgehead atoms. The lowest BCUT2D eigenvalue weighted by Crippen LogP contribution is -2.39. The summed E-state index contributed by atoms with van der Waals surface area (Å²) in [5.74, 6) is -1.78. The van der Waals surface area contributed by atoms with E-state index in [1.807, 2.05) is 0 Å². The van der Waals surface area contributed by atoms with Crippen molar-refractivity contribution in [3.63, 3.8) is 0 Å². The predicted molar refractivity (Wildman–Crippen MR) is 127 cm³/mol. The maximum atomic E-state index is 13.2. The Kier molecular flexibility index (Phi) is 7.41. The zero-order valence-corrected chi connectivity index (χ0v) is 19.6. The van der Waals surface area contributed by atoms with Crippen molar-refractivity contribution < 1.29 is 29.3 Å². The van der Waals surface area contributed by atoms with Gasteiger partial charge in [-0.25, -0.2) is 0 Å². The Hall–Kier alpha value is -3.07. The van der Waals surface area contributed by atoms with Crippen molar-refractivity contribution >= 4 is 29.1 Å². The predicted octanol–water partition coefficient (Wildman–Crippen LogP) is 3.20. The highest BCUT2D eigenvalue weighted by atomic mass is 35.5. The second-order valence-corrected chi connectivity index (χ2v) is 8.64. The molecule has 9 heteroatoms. The van der Waals surface area contributed by atoms with E-state index in [0.29, 0.717) is 37.5 Å². The molecule has 0 spiro atoms. The number of likely N-dealkylation sites (tertiary alicyclic amines) is 1. The molecular weight excluding hydrogens is 460 g/mol. The molecule has 2 aromatic rings. The van der Waals surface area contributed by atoms with Crippen LogP contribution >= 0.6 is 11.6 Å². The van der Waals surface area contributed by atoms with Crippen molar-refractivity contribution in [3.05, 3.63) is 64.2 Å². The van der Waals surface area contributed by atoms with Gasteiger partial charge in [0.1, 0.15) is 17.3 Å². The van der Waals surface area contributed by atoms with E-state index in [9.17, 15) is 19.8 Å². The highest BCUT2D eigenvalue weighted by molar-refractivity contribution is 6.46. The van der Waals surface area contributed by atoms with Crippen LogP contribution in [0.3, 0.4) is 0 Å². The molecule has 2 aliphatic heterocycles. The van der Waals surface area contributed by atoms with Gasteiger partial charge in [-0.1, -0.05) is 29.8 Å². The summed E-state index contributed by atoms with van der Waals surface area (Å²) < 4.78 is 10.9. The van der Waals surface area contributed by atoms with Crippen LogP contribution in [0.5, 0.6) is 11.5 Å². The number of benzene rings is 2. The fourth-order valence-corrected chi connectivity index (χ4v) is 4.63. The van der Waals surface area contributed by atoms with E-state index >= 15 is 0 Å². The Morgan fingerprint density at radius 2 is 1.88 bits per heavy atom. The molecule has 1 amide bonds. The fraction of sp³-hybridized carbons (Fsp3) is 0.360. The van der Waals surface area contributed by atoms with E-state index in [1.54, 1.807) is 24.3 Å². The number of hydrogen-bond donors (Lipinski definition) is 2. The second kappa shape index (κ2) is 10.5. The summed E-state index contributed by atoms with van der Waals surface area (Å²) in [6.45, 7) is 4.05. The summed E-state index contributed by atoms with van der Waals surface area (Å²) in [7, 11) is 1.51. The summed E-state index contributed by atoms with van der Waals surface area (Å²) in [5.41, 5.74) is 0.441. The molecular formula is C25H27ClN2O6. The first-order valence-corrected chi connectivity index (χ1v) is 11.5. The molecule has 180 valence electrons. The third-order valence-electron chi connectivity index (χ3n) is 6.16. The third kappa shape index (κ3) is 4.75. The third-order valence-corrected chi connectivity index (χ3v) is 6.40. The first kappa shape index (κ1) is 24.1. The van der Waals surface area contributed by atoms with Crippen LogP contribution in [0.1, 0.15) is 23.6 Å². The van der Waals surface area contributed by atoms with Gasteiger partial charge in [0.2, 0.25) is 0 Å². The van der Waals surface area contributed by atoms with Gasteiger partial charge in [0.05, 0.1) is 37.5 Å². The normalized spacial score (nSPS) is 20.6. The van der Waals surface area contributed by atoms with Gasteiger partial charge in [-0.2, -0.15) is 0 Å². The highest BCUT2D eigenvalue weighted by Crippen LogP contribution is 2.43. The molecule has 2 aromatic carbocycles. The molecule has 34 heavy (non-hydrogen) atoms. The van der Waals surface area contributed by atoms with Crippen LogP contribution in [0.4, 0.5) is 0 Å². The van der Waals surface area contributed by atoms with Crippen LogP contribution in [0.2, 0.25) is 5.02 Å². The van der Waals surface area contributed by atoms with E-state index < -0.39 is 23.5 Å². The Bertz CT molecular complexity index is 1110. The lowest BCUT2D eigenvalue weighted by atomic mass is 9.94. The van der Waals surface area contributed by atoms with Gasteiger partial charge in [0.15, 0.2) is 0 Å². The monoisotopic (exact) mass is 486 g/mol. The van der Waals surface area contributed by atoms with Crippen molar-refractivity contribution in [1.82, 2.24) is 9.80 Å². The van der Waals surface area contributed by atoms with Crippen molar-refractivity contribution in [1.29, 1.82) is 0 Å². The zero-order chi connectivity index (χ0) is 24.2. The SMILES string of the molecule is COc1ccccc1[C@@H]1C(=C(O)c2cc(Cl)ccc2O)C(=O)C(=O)N1CCCN1CCOCC1. The number of carbonyl (C=O) groups is 2. The molecule has 2 saturated heterocycles. The van der Waals surface area contributed by atoms with Gasteiger partial charge >= 0.3 is 0 Å². The average Bonchev–Trinajstić information content (AvgIpc) is 3.10. The van der Waals surface area contributed by atoms with Crippen molar-refractivity contribution in [2.24, 2.45) is 0 Å². The number of carbonyl (C=O) groups excluding carboxylic acids is 2. The van der Waals surface area contributed by atoms with Gasteiger partial charge in [-0.15, -0.1) is 0 Å². The minimum absolute atomic E-state index is 0.0151. The van der Waals surface area contributed by atoms with Gasteiger partial charge in [-0.3, -0.25) is 14.5 Å². The molecule has 2 fully saturated rings. The fourth-order valence-electron chi connectivity index (χ4n) is 4.46. The van der Waals surface area contributed by atoms with E-state index in [0.717, 1.165) is 19.6 Å². The van der Waals surface area contributed by atoms with Crippen LogP contribution in [-0.4, -0.2) is 78.2 Å². The van der Waals surface area contributed by atoms with E-state index in [-0.39, 0.29) is 21.9 Å². The number of Topliss-reactive ketones (excluding diaryl/α,β-unsaturated/α-hetero) is 1. The number of aromatic hydroxyl groups is 1. The number of ketones is 1. The van der Waals surface area contributed by atoms with Crippen LogP contribution in [0.15, 0.2) is 48.0 Å². The number of para-hydroxylation sites is 1. The Balaban J connectivity index is 1.74. The Morgan fingerprint density at radius 1 is 1.15 bits per heavy atom. The molecule has 0 aromatic heterocycles. The van der Waals surface area contributed by atoms with Crippen molar-refractivity contribution in [2.45, 2.75) is 12.5 Å². The van der Waals surface area contributed by atoms with Crippen molar-refractivity contribution in [2.75, 3.05) is 46.5 Å². The lowest BCUT2D eigenvalue weighted by Gasteiger charge is -2.29. The smallest absolute Gasteiger partial charge is 0.295 e. The Morgan fingerprint density at radius 3 is 2.62 bits per heavy atom. The second-order valence-electron chi connectivity index (χ2n) is 8.20. The number of morpholine rings is 1. The first-order valence-electron chi connectivity index (χ1n) is 11.1. The zero-order valence-electron chi connectivity index (χ0n) is 18.9. The number of aliphatic hydroxyl groups excluding tert-OH is 1. The summed E-state index contributed by atoms with van der Waals surface area (Å²) in [5, 5.41) is 21.7. The summed E-state index contributed by atoms with van der Waals surface area (Å²) in [6.07, 6.45) is 0.640. The number of amides is 1. The molecule has 2 aliphatic rings. The molecule has 8 nitrogen and oxygen atoms in total. The van der Waals surface area contributed by atoms with Gasteiger partial charge in [-0.05, 0) is 30.7 Å². The molecule has 0 saturated carbocycles. The average molecular weight is 487 g/mol. The highest BCUT2D eigenvalue weighted by Gasteiger charge is 2.47. The number of aliphatic hydroxyl groups is 1. The maximum absolute atomic E-state index is 13.2. The molecule has 1 atom stereocenters. The molecule has 0 aliphatic carbocycles. The topological polar surface area (TPSA) is 99.5 Å². The molecule has 0 unspecified atom stereocenters. The van der Waals surface area contributed by atoms with Gasteiger partial charge in [0, 0.05) is 36.8 Å². The summed E-state index contributed by atoms with van der Waals surface area (Å²) in [4.78, 5) is 30.0. The standard InChI is InChI=1S/C25H27ClN2O6/c1-33-20-6-3-2-5-17(20)22-21(23(30)18-15-16(26)7-8-19(18)29)24(31)25(32)28(22)10-4-9-27-11-13-34-14-12-27/h2-3,5-8,15,22,29-30H,4,9-14H2,1H3/t22-/m1/s1.